The molecule has 0 bridgehead atoms. The fourth-order valence-electron chi connectivity index (χ4n) is 5.90. The van der Waals surface area contributed by atoms with E-state index in [1.165, 1.54) is 4.90 Å². The maximum atomic E-state index is 13.8. The molecule has 35 heavy (non-hydrogen) atoms. The number of aliphatic hydroxyl groups excluding tert-OH is 2. The lowest BCUT2D eigenvalue weighted by atomic mass is 9.57. The molecule has 4 rings (SSSR count). The fraction of sp³-hybridized carbons (Fsp3) is 0.458. The Bertz CT molecular complexity index is 1230. The number of amides is 1. The van der Waals surface area contributed by atoms with Crippen LogP contribution in [-0.2, 0) is 27.3 Å². The van der Waals surface area contributed by atoms with E-state index in [0.717, 1.165) is 0 Å². The van der Waals surface area contributed by atoms with E-state index in [2.05, 4.69) is 0 Å². The van der Waals surface area contributed by atoms with Crippen molar-refractivity contribution in [2.24, 2.45) is 23.3 Å². The molecule has 0 aliphatic heterocycles. The highest BCUT2D eigenvalue weighted by Crippen LogP contribution is 2.54. The molecule has 8 N–H and O–H groups in total. The van der Waals surface area contributed by atoms with Gasteiger partial charge in [-0.1, -0.05) is 0 Å². The molecule has 0 radical (unpaired) electrons. The van der Waals surface area contributed by atoms with Gasteiger partial charge in [-0.15, -0.1) is 0 Å². The summed E-state index contributed by atoms with van der Waals surface area (Å²) < 4.78 is 0. The minimum atomic E-state index is -2.66. The Labute approximate surface area is 201 Å². The first-order valence-electron chi connectivity index (χ1n) is 11.2. The van der Waals surface area contributed by atoms with Crippen LogP contribution in [0.15, 0.2) is 23.0 Å². The number of ketones is 2. The van der Waals surface area contributed by atoms with E-state index in [4.69, 9.17) is 11.5 Å². The number of phenols is 1. The van der Waals surface area contributed by atoms with Crippen molar-refractivity contribution in [1.82, 2.24) is 4.90 Å². The third kappa shape index (κ3) is 3.19. The average Bonchev–Trinajstić information content (AvgIpc) is 2.75. The Kier molecular flexibility index (Phi) is 5.70. The number of likely N-dealkylation sites (N-methyl/N-ethyl adjacent to an activating group) is 1. The van der Waals surface area contributed by atoms with Crippen LogP contribution in [-0.4, -0.2) is 82.6 Å². The predicted octanol–water partition coefficient (Wildman–Crippen LogP) is -0.511. The van der Waals surface area contributed by atoms with Crippen molar-refractivity contribution in [2.45, 2.75) is 31.0 Å². The van der Waals surface area contributed by atoms with Crippen LogP contribution < -0.4 is 16.4 Å². The molecular formula is C24H30N4O7. The van der Waals surface area contributed by atoms with Crippen molar-refractivity contribution in [3.63, 3.8) is 0 Å². The number of hydrogen-bond donors (Lipinski definition) is 6. The Morgan fingerprint density at radius 2 is 1.80 bits per heavy atom. The minimum absolute atomic E-state index is 0.0237. The monoisotopic (exact) mass is 486 g/mol. The first kappa shape index (κ1) is 24.7. The maximum absolute atomic E-state index is 13.8. The zero-order valence-corrected chi connectivity index (χ0v) is 20.0. The van der Waals surface area contributed by atoms with Crippen LogP contribution in [0.4, 0.5) is 5.69 Å². The molecule has 11 nitrogen and oxygen atoms in total. The molecule has 1 aromatic carbocycles. The SMILES string of the molecule is CN(C)c1cc(CN)c(O)c2c1CC1CC3[C@H](N(C)C)C(=O)C(C(N)=O)=C(O)[C@@]3(O)C(=O)C1=C2O. The summed E-state index contributed by atoms with van der Waals surface area (Å²) in [6.07, 6.45) is 0.262. The number of aromatic hydroxyl groups is 1. The Balaban J connectivity index is 2.01. The molecular weight excluding hydrogens is 456 g/mol. The van der Waals surface area contributed by atoms with E-state index in [1.54, 1.807) is 39.2 Å². The molecule has 0 saturated heterocycles. The van der Waals surface area contributed by atoms with Crippen LogP contribution in [0.25, 0.3) is 5.76 Å². The largest absolute Gasteiger partial charge is 0.508 e. The molecule has 0 spiro atoms. The van der Waals surface area contributed by atoms with Crippen molar-refractivity contribution in [3.05, 3.63) is 39.7 Å². The van der Waals surface area contributed by atoms with E-state index in [-0.39, 0.29) is 36.3 Å². The van der Waals surface area contributed by atoms with Gasteiger partial charge in [0.15, 0.2) is 11.4 Å². The number of hydrogen-bond acceptors (Lipinski definition) is 10. The van der Waals surface area contributed by atoms with Gasteiger partial charge in [0.25, 0.3) is 5.91 Å². The lowest BCUT2D eigenvalue weighted by molar-refractivity contribution is -0.153. The summed E-state index contributed by atoms with van der Waals surface area (Å²) in [6, 6.07) is 0.599. The van der Waals surface area contributed by atoms with E-state index in [0.29, 0.717) is 16.8 Å². The molecule has 1 saturated carbocycles. The number of carbonyl (C=O) groups is 3. The lowest BCUT2D eigenvalue weighted by Gasteiger charge is -2.50. The molecule has 3 aliphatic rings. The fourth-order valence-corrected chi connectivity index (χ4v) is 5.90. The Hall–Kier alpha value is -3.41. The maximum Gasteiger partial charge on any atom is 0.255 e. The number of phenolic OH excluding ortho intramolecular Hbond substituents is 1. The number of carbonyl (C=O) groups excluding carboxylic acids is 3. The third-order valence-electron chi connectivity index (χ3n) is 7.48. The zero-order valence-electron chi connectivity index (χ0n) is 20.0. The van der Waals surface area contributed by atoms with Crippen LogP contribution in [0.5, 0.6) is 5.75 Å². The molecule has 1 fully saturated rings. The van der Waals surface area contributed by atoms with Crippen LogP contribution in [0.1, 0.15) is 23.1 Å². The number of nitrogens with two attached hydrogens (primary N) is 2. The number of anilines is 1. The number of benzene rings is 1. The predicted molar refractivity (Wildman–Crippen MR) is 126 cm³/mol. The quantitative estimate of drug-likeness (QED) is 0.302. The topological polar surface area (TPSA) is 191 Å². The number of nitrogens with zero attached hydrogens (tertiary/aromatic N) is 2. The van der Waals surface area contributed by atoms with E-state index < -0.39 is 58.0 Å². The summed E-state index contributed by atoms with van der Waals surface area (Å²) >= 11 is 0. The van der Waals surface area contributed by atoms with Gasteiger partial charge in [0.05, 0.1) is 11.6 Å². The third-order valence-corrected chi connectivity index (χ3v) is 7.48. The van der Waals surface area contributed by atoms with Gasteiger partial charge in [0, 0.05) is 43.4 Å². The standard InChI is InChI=1S/C24H30N4O7/c1-27(2)13-7-10(8-25)18(29)15-11(13)5-9-6-12-17(28(3)4)20(31)16(23(26)34)22(33)24(12,35)21(32)14(9)19(15)30/h7,9,12,17,29-30,33,35H,5-6,8,25H2,1-4H3,(H2,26,34)/t9?,12?,17-,24-/m0/s1. The summed E-state index contributed by atoms with van der Waals surface area (Å²) in [7, 11) is 6.71. The molecule has 11 heteroatoms. The van der Waals surface area contributed by atoms with Crippen molar-refractivity contribution >= 4 is 28.9 Å². The highest BCUT2D eigenvalue weighted by Gasteiger charge is 2.64. The summed E-state index contributed by atoms with van der Waals surface area (Å²) in [5.41, 5.74) is 9.10. The summed E-state index contributed by atoms with van der Waals surface area (Å²) in [5, 5.41) is 44.6. The van der Waals surface area contributed by atoms with Crippen LogP contribution in [0.2, 0.25) is 0 Å². The van der Waals surface area contributed by atoms with Crippen LogP contribution in [0, 0.1) is 11.8 Å². The number of primary amides is 1. The highest BCUT2D eigenvalue weighted by atomic mass is 16.3. The van der Waals surface area contributed by atoms with Gasteiger partial charge in [-0.3, -0.25) is 19.3 Å². The zero-order chi connectivity index (χ0) is 26.1. The molecule has 1 amide bonds. The number of Topliss-reactive ketones (excluding diaryl/α,β-unsaturated/α-hetero) is 2. The number of fused-ring (bicyclic) bond motifs is 3. The smallest absolute Gasteiger partial charge is 0.255 e. The first-order valence-corrected chi connectivity index (χ1v) is 11.2. The van der Waals surface area contributed by atoms with Crippen molar-refractivity contribution < 1.29 is 34.8 Å². The van der Waals surface area contributed by atoms with Crippen molar-refractivity contribution in [3.8, 4) is 5.75 Å². The molecule has 3 aliphatic carbocycles. The summed E-state index contributed by atoms with van der Waals surface area (Å²) in [5.74, 6) is -6.74. The Morgan fingerprint density at radius 1 is 1.17 bits per heavy atom. The van der Waals surface area contributed by atoms with E-state index >= 15 is 0 Å². The molecule has 4 atom stereocenters. The number of aliphatic hydroxyl groups is 3. The molecule has 188 valence electrons. The Morgan fingerprint density at radius 3 is 2.31 bits per heavy atom. The summed E-state index contributed by atoms with van der Waals surface area (Å²) in [6.45, 7) is -0.0237. The van der Waals surface area contributed by atoms with Gasteiger partial charge in [0.1, 0.15) is 22.8 Å². The number of rotatable bonds is 4. The summed E-state index contributed by atoms with van der Waals surface area (Å²) in [4.78, 5) is 42.2. The molecule has 0 heterocycles. The second-order valence-electron chi connectivity index (χ2n) is 9.82. The van der Waals surface area contributed by atoms with Gasteiger partial charge in [-0.2, -0.15) is 0 Å². The second kappa shape index (κ2) is 8.08. The van der Waals surface area contributed by atoms with Crippen molar-refractivity contribution in [1.29, 1.82) is 0 Å². The minimum Gasteiger partial charge on any atom is -0.508 e. The van der Waals surface area contributed by atoms with Gasteiger partial charge >= 0.3 is 0 Å². The molecule has 1 aromatic rings. The van der Waals surface area contributed by atoms with Crippen LogP contribution in [0.3, 0.4) is 0 Å². The van der Waals surface area contributed by atoms with E-state index in [1.807, 2.05) is 0 Å². The van der Waals surface area contributed by atoms with Gasteiger partial charge in [-0.05, 0) is 44.5 Å². The highest BCUT2D eigenvalue weighted by molar-refractivity contribution is 6.24. The normalized spacial score (nSPS) is 28.1. The first-order chi connectivity index (χ1) is 16.3. The van der Waals surface area contributed by atoms with E-state index in [9.17, 15) is 34.8 Å². The van der Waals surface area contributed by atoms with Gasteiger partial charge < -0.3 is 36.8 Å². The lowest BCUT2D eigenvalue weighted by Crippen LogP contribution is -2.65. The molecule has 2 unspecified atom stereocenters. The molecule has 0 aromatic heterocycles. The average molecular weight is 487 g/mol. The van der Waals surface area contributed by atoms with Gasteiger partial charge in [0.2, 0.25) is 5.78 Å². The van der Waals surface area contributed by atoms with Crippen LogP contribution >= 0.6 is 0 Å². The van der Waals surface area contributed by atoms with Crippen molar-refractivity contribution in [2.75, 3.05) is 33.1 Å². The van der Waals surface area contributed by atoms with Gasteiger partial charge in [-0.25, -0.2) is 0 Å². The second-order valence-corrected chi connectivity index (χ2v) is 9.82.